The summed E-state index contributed by atoms with van der Waals surface area (Å²) in [6, 6.07) is 3.00. The van der Waals surface area contributed by atoms with E-state index in [4.69, 9.17) is 10.5 Å². The molecule has 88 valence electrons. The third-order valence-electron chi connectivity index (χ3n) is 2.63. The molecule has 4 nitrogen and oxygen atoms in total. The molecule has 0 radical (unpaired) electrons. The summed E-state index contributed by atoms with van der Waals surface area (Å²) in [6.45, 7) is 3.63. The van der Waals surface area contributed by atoms with Crippen LogP contribution >= 0.6 is 0 Å². The first-order valence-corrected chi connectivity index (χ1v) is 5.41. The maximum absolute atomic E-state index is 13.6. The maximum Gasteiger partial charge on any atom is 0.165 e. The second-order valence-electron chi connectivity index (χ2n) is 4.02. The van der Waals surface area contributed by atoms with Gasteiger partial charge in [-0.1, -0.05) is 0 Å². The predicted molar refractivity (Wildman–Crippen MR) is 59.8 cm³/mol. The highest BCUT2D eigenvalue weighted by atomic mass is 19.1. The molecule has 2 rings (SSSR count). The van der Waals surface area contributed by atoms with E-state index in [1.807, 2.05) is 11.8 Å². The standard InChI is InChI=1S/C11H16FN3O/c1-8-6-15(7-9(5-13)16-8)11-10(12)3-2-4-14-11/h2-4,8-9H,5-7,13H2,1H3. The van der Waals surface area contributed by atoms with Gasteiger partial charge in [0.25, 0.3) is 0 Å². The molecule has 1 saturated heterocycles. The quantitative estimate of drug-likeness (QED) is 0.808. The molecule has 0 bridgehead atoms. The molecule has 0 saturated carbocycles. The molecule has 2 atom stereocenters. The summed E-state index contributed by atoms with van der Waals surface area (Å²) in [7, 11) is 0. The number of aromatic nitrogens is 1. The zero-order valence-electron chi connectivity index (χ0n) is 9.27. The first-order chi connectivity index (χ1) is 7.70. The fourth-order valence-electron chi connectivity index (χ4n) is 1.96. The molecule has 0 aromatic carbocycles. The van der Waals surface area contributed by atoms with E-state index < -0.39 is 0 Å². The summed E-state index contributed by atoms with van der Waals surface area (Å²) in [6.07, 6.45) is 1.59. The number of anilines is 1. The van der Waals surface area contributed by atoms with Crippen LogP contribution in [0, 0.1) is 5.82 Å². The number of rotatable bonds is 2. The summed E-state index contributed by atoms with van der Waals surface area (Å²) in [5.74, 6) is 0.0865. The van der Waals surface area contributed by atoms with Crippen molar-refractivity contribution in [2.45, 2.75) is 19.1 Å². The number of pyridine rings is 1. The third-order valence-corrected chi connectivity index (χ3v) is 2.63. The fraction of sp³-hybridized carbons (Fsp3) is 0.545. The van der Waals surface area contributed by atoms with Gasteiger partial charge in [0, 0.05) is 25.8 Å². The number of hydrogen-bond acceptors (Lipinski definition) is 4. The molecule has 1 aliphatic heterocycles. The largest absolute Gasteiger partial charge is 0.370 e. The molecular weight excluding hydrogens is 209 g/mol. The molecular formula is C11H16FN3O. The molecule has 2 N–H and O–H groups in total. The van der Waals surface area contributed by atoms with Crippen molar-refractivity contribution in [2.75, 3.05) is 24.5 Å². The SMILES string of the molecule is CC1CN(c2ncccc2F)CC(CN)O1. The van der Waals surface area contributed by atoms with Crippen molar-refractivity contribution in [1.29, 1.82) is 0 Å². The van der Waals surface area contributed by atoms with Gasteiger partial charge < -0.3 is 15.4 Å². The Bertz CT molecular complexity index is 361. The van der Waals surface area contributed by atoms with E-state index >= 15 is 0 Å². The molecule has 0 amide bonds. The van der Waals surface area contributed by atoms with Crippen molar-refractivity contribution in [1.82, 2.24) is 4.98 Å². The van der Waals surface area contributed by atoms with Gasteiger partial charge in [-0.3, -0.25) is 0 Å². The Hall–Kier alpha value is -1.20. The van der Waals surface area contributed by atoms with E-state index in [-0.39, 0.29) is 18.0 Å². The smallest absolute Gasteiger partial charge is 0.165 e. The zero-order valence-corrected chi connectivity index (χ0v) is 9.27. The van der Waals surface area contributed by atoms with Crippen LogP contribution in [0.5, 0.6) is 0 Å². The summed E-state index contributed by atoms with van der Waals surface area (Å²) in [4.78, 5) is 5.95. The van der Waals surface area contributed by atoms with Gasteiger partial charge in [0.1, 0.15) is 0 Å². The van der Waals surface area contributed by atoms with Crippen LogP contribution in [0.2, 0.25) is 0 Å². The lowest BCUT2D eigenvalue weighted by Crippen LogP contribution is -2.49. The van der Waals surface area contributed by atoms with Crippen molar-refractivity contribution >= 4 is 5.82 Å². The summed E-state index contributed by atoms with van der Waals surface area (Å²) < 4.78 is 19.2. The van der Waals surface area contributed by atoms with Crippen LogP contribution in [0.1, 0.15) is 6.92 Å². The predicted octanol–water partition coefficient (Wildman–Crippen LogP) is 0.773. The summed E-state index contributed by atoms with van der Waals surface area (Å²) >= 11 is 0. The van der Waals surface area contributed by atoms with Gasteiger partial charge >= 0.3 is 0 Å². The van der Waals surface area contributed by atoms with Gasteiger partial charge in [-0.25, -0.2) is 9.37 Å². The Kier molecular flexibility index (Phi) is 3.36. The Morgan fingerprint density at radius 2 is 2.44 bits per heavy atom. The van der Waals surface area contributed by atoms with Crippen molar-refractivity contribution in [3.8, 4) is 0 Å². The fourth-order valence-corrected chi connectivity index (χ4v) is 1.96. The minimum atomic E-state index is -0.299. The second-order valence-corrected chi connectivity index (χ2v) is 4.02. The van der Waals surface area contributed by atoms with Crippen LogP contribution in [0.25, 0.3) is 0 Å². The Morgan fingerprint density at radius 1 is 1.62 bits per heavy atom. The van der Waals surface area contributed by atoms with E-state index in [0.717, 1.165) is 0 Å². The van der Waals surface area contributed by atoms with Crippen LogP contribution in [-0.2, 0) is 4.74 Å². The molecule has 0 spiro atoms. The molecule has 1 aliphatic rings. The Morgan fingerprint density at radius 3 is 3.12 bits per heavy atom. The van der Waals surface area contributed by atoms with Crippen molar-refractivity contribution in [3.63, 3.8) is 0 Å². The number of hydrogen-bond donors (Lipinski definition) is 1. The lowest BCUT2D eigenvalue weighted by Gasteiger charge is -2.37. The van der Waals surface area contributed by atoms with E-state index in [1.165, 1.54) is 6.07 Å². The van der Waals surface area contributed by atoms with Crippen molar-refractivity contribution < 1.29 is 9.13 Å². The van der Waals surface area contributed by atoms with Crippen LogP contribution in [0.3, 0.4) is 0 Å². The number of ether oxygens (including phenoxy) is 1. The minimum Gasteiger partial charge on any atom is -0.370 e. The number of nitrogens with two attached hydrogens (primary N) is 1. The van der Waals surface area contributed by atoms with Crippen LogP contribution in [0.4, 0.5) is 10.2 Å². The van der Waals surface area contributed by atoms with Gasteiger partial charge in [-0.15, -0.1) is 0 Å². The highest BCUT2D eigenvalue weighted by Gasteiger charge is 2.26. The highest BCUT2D eigenvalue weighted by molar-refractivity contribution is 5.40. The monoisotopic (exact) mass is 225 g/mol. The van der Waals surface area contributed by atoms with Crippen LogP contribution < -0.4 is 10.6 Å². The average Bonchev–Trinajstić information content (AvgIpc) is 2.28. The minimum absolute atomic E-state index is 0.0451. The second kappa shape index (κ2) is 4.76. The number of halogens is 1. The lowest BCUT2D eigenvalue weighted by atomic mass is 10.2. The normalized spacial score (nSPS) is 25.8. The van der Waals surface area contributed by atoms with Gasteiger partial charge in [-0.05, 0) is 19.1 Å². The maximum atomic E-state index is 13.6. The first kappa shape index (κ1) is 11.3. The van der Waals surface area contributed by atoms with Gasteiger partial charge in [0.2, 0.25) is 0 Å². The van der Waals surface area contributed by atoms with E-state index in [2.05, 4.69) is 4.98 Å². The molecule has 1 aromatic rings. The Labute approximate surface area is 94.2 Å². The molecule has 2 heterocycles. The van der Waals surface area contributed by atoms with Crippen molar-refractivity contribution in [2.24, 2.45) is 5.73 Å². The van der Waals surface area contributed by atoms with Crippen molar-refractivity contribution in [3.05, 3.63) is 24.1 Å². The Balaban J connectivity index is 2.17. The zero-order chi connectivity index (χ0) is 11.5. The highest BCUT2D eigenvalue weighted by Crippen LogP contribution is 2.20. The molecule has 5 heteroatoms. The van der Waals surface area contributed by atoms with Crippen LogP contribution in [0.15, 0.2) is 18.3 Å². The summed E-state index contributed by atoms with van der Waals surface area (Å²) in [5.41, 5.74) is 5.58. The summed E-state index contributed by atoms with van der Waals surface area (Å²) in [5, 5.41) is 0. The topological polar surface area (TPSA) is 51.4 Å². The molecule has 16 heavy (non-hydrogen) atoms. The molecule has 2 unspecified atom stereocenters. The van der Waals surface area contributed by atoms with Crippen LogP contribution in [-0.4, -0.2) is 36.8 Å². The first-order valence-electron chi connectivity index (χ1n) is 5.41. The lowest BCUT2D eigenvalue weighted by molar-refractivity contribution is -0.0108. The van der Waals surface area contributed by atoms with Gasteiger partial charge in [0.05, 0.1) is 12.2 Å². The average molecular weight is 225 g/mol. The van der Waals surface area contributed by atoms with E-state index in [1.54, 1.807) is 12.3 Å². The molecule has 1 fully saturated rings. The number of nitrogens with zero attached hydrogens (tertiary/aromatic N) is 2. The number of morpholine rings is 1. The van der Waals surface area contributed by atoms with E-state index in [0.29, 0.717) is 25.5 Å². The third kappa shape index (κ3) is 2.31. The van der Waals surface area contributed by atoms with E-state index in [9.17, 15) is 4.39 Å². The van der Waals surface area contributed by atoms with Gasteiger partial charge in [-0.2, -0.15) is 0 Å². The molecule has 0 aliphatic carbocycles. The molecule has 1 aromatic heterocycles. The van der Waals surface area contributed by atoms with Gasteiger partial charge in [0.15, 0.2) is 11.6 Å².